The second kappa shape index (κ2) is 6.31. The lowest BCUT2D eigenvalue weighted by Gasteiger charge is -2.00. The summed E-state index contributed by atoms with van der Waals surface area (Å²) in [6, 6.07) is 6.67. The van der Waals surface area contributed by atoms with Crippen molar-refractivity contribution < 1.29 is 14.3 Å². The molecule has 1 amide bonds. The molecule has 0 saturated heterocycles. The Hall–Kier alpha value is -1.49. The number of aryl methyl sites for hydroxylation is 1. The van der Waals surface area contributed by atoms with Crippen LogP contribution in [0.4, 0.5) is 0 Å². The monoisotopic (exact) mass is 313 g/mol. The van der Waals surface area contributed by atoms with Gasteiger partial charge in [-0.25, -0.2) is 0 Å². The third-order valence-electron chi connectivity index (χ3n) is 2.76. The summed E-state index contributed by atoms with van der Waals surface area (Å²) in [6.07, 6.45) is 0. The lowest BCUT2D eigenvalue weighted by atomic mass is 10.1. The van der Waals surface area contributed by atoms with Crippen molar-refractivity contribution in [1.29, 1.82) is 0 Å². The second-order valence-electron chi connectivity index (χ2n) is 4.18. The zero-order valence-electron chi connectivity index (χ0n) is 10.7. The Labute approximate surface area is 126 Å². The van der Waals surface area contributed by atoms with Crippen molar-refractivity contribution in [3.8, 4) is 11.3 Å². The van der Waals surface area contributed by atoms with Crippen molar-refractivity contribution in [2.45, 2.75) is 6.92 Å². The van der Waals surface area contributed by atoms with Crippen LogP contribution in [0, 0.1) is 6.92 Å². The highest BCUT2D eigenvalue weighted by Crippen LogP contribution is 2.32. The number of amides is 1. The predicted molar refractivity (Wildman–Crippen MR) is 78.3 cm³/mol. The molecule has 0 fully saturated rings. The van der Waals surface area contributed by atoms with E-state index in [9.17, 15) is 4.79 Å². The maximum Gasteiger partial charge on any atom is 0.254 e. The van der Waals surface area contributed by atoms with E-state index in [1.807, 2.05) is 0 Å². The largest absolute Gasteiger partial charge is 0.460 e. The Kier molecular flexibility index (Phi) is 4.70. The first kappa shape index (κ1) is 14.9. The minimum Gasteiger partial charge on any atom is -0.460 e. The van der Waals surface area contributed by atoms with Gasteiger partial charge < -0.3 is 14.8 Å². The van der Waals surface area contributed by atoms with Gasteiger partial charge in [-0.15, -0.1) is 0 Å². The molecule has 1 aromatic carbocycles. The molecule has 0 bridgehead atoms. The van der Waals surface area contributed by atoms with Crippen LogP contribution in [0.15, 0.2) is 28.7 Å². The summed E-state index contributed by atoms with van der Waals surface area (Å²) in [5.74, 6) is 0.691. The molecule has 0 aliphatic carbocycles. The number of furan rings is 1. The number of aliphatic hydroxyl groups excluding tert-OH is 1. The van der Waals surface area contributed by atoms with Gasteiger partial charge in [-0.2, -0.15) is 0 Å². The van der Waals surface area contributed by atoms with Gasteiger partial charge in [-0.1, -0.05) is 23.2 Å². The molecule has 106 valence electrons. The molecule has 4 nitrogen and oxygen atoms in total. The Morgan fingerprint density at radius 2 is 2.10 bits per heavy atom. The minimum absolute atomic E-state index is 0.113. The maximum absolute atomic E-state index is 11.9. The summed E-state index contributed by atoms with van der Waals surface area (Å²) in [5, 5.41) is 12.3. The highest BCUT2D eigenvalue weighted by atomic mass is 35.5. The molecule has 2 rings (SSSR count). The smallest absolute Gasteiger partial charge is 0.254 e. The first-order valence-electron chi connectivity index (χ1n) is 5.98. The lowest BCUT2D eigenvalue weighted by molar-refractivity contribution is 0.0943. The molecule has 0 radical (unpaired) electrons. The number of halogens is 2. The van der Waals surface area contributed by atoms with Gasteiger partial charge >= 0.3 is 0 Å². The summed E-state index contributed by atoms with van der Waals surface area (Å²) < 4.78 is 5.57. The molecule has 6 heteroatoms. The highest BCUT2D eigenvalue weighted by molar-refractivity contribution is 6.36. The van der Waals surface area contributed by atoms with Gasteiger partial charge in [0.15, 0.2) is 0 Å². The average Bonchev–Trinajstić information content (AvgIpc) is 2.78. The van der Waals surface area contributed by atoms with Crippen LogP contribution in [0.2, 0.25) is 10.0 Å². The summed E-state index contributed by atoms with van der Waals surface area (Å²) in [6.45, 7) is 1.78. The van der Waals surface area contributed by atoms with Gasteiger partial charge in [-0.05, 0) is 31.2 Å². The van der Waals surface area contributed by atoms with E-state index in [1.165, 1.54) is 0 Å². The molecule has 0 aliphatic heterocycles. The van der Waals surface area contributed by atoms with Gasteiger partial charge in [0.2, 0.25) is 0 Å². The lowest BCUT2D eigenvalue weighted by Crippen LogP contribution is -2.26. The summed E-state index contributed by atoms with van der Waals surface area (Å²) in [7, 11) is 0. The molecule has 0 unspecified atom stereocenters. The van der Waals surface area contributed by atoms with Gasteiger partial charge in [0.05, 0.1) is 17.2 Å². The topological polar surface area (TPSA) is 62.5 Å². The Morgan fingerprint density at radius 1 is 1.35 bits per heavy atom. The molecule has 0 atom stereocenters. The Bertz CT molecular complexity index is 637. The fraction of sp³-hybridized carbons (Fsp3) is 0.214. The van der Waals surface area contributed by atoms with E-state index in [0.717, 1.165) is 0 Å². The van der Waals surface area contributed by atoms with Crippen molar-refractivity contribution in [1.82, 2.24) is 5.32 Å². The minimum atomic E-state index is -0.295. The van der Waals surface area contributed by atoms with E-state index in [-0.39, 0.29) is 19.1 Å². The fourth-order valence-electron chi connectivity index (χ4n) is 1.79. The summed E-state index contributed by atoms with van der Waals surface area (Å²) in [5.41, 5.74) is 1.08. The molecular formula is C14H13Cl2NO3. The first-order valence-corrected chi connectivity index (χ1v) is 6.73. The van der Waals surface area contributed by atoms with E-state index in [1.54, 1.807) is 31.2 Å². The van der Waals surface area contributed by atoms with Crippen molar-refractivity contribution in [2.75, 3.05) is 13.2 Å². The van der Waals surface area contributed by atoms with E-state index < -0.39 is 0 Å². The molecule has 1 aromatic heterocycles. The fourth-order valence-corrected chi connectivity index (χ4v) is 2.30. The standard InChI is InChI=1S/C14H13Cl2NO3/c1-8-11(14(19)17-4-5-18)7-13(20-8)10-3-2-9(15)6-12(10)16/h2-3,6-7,18H,4-5H2,1H3,(H,17,19). The van der Waals surface area contributed by atoms with Crippen molar-refractivity contribution in [2.24, 2.45) is 0 Å². The summed E-state index contributed by atoms with van der Waals surface area (Å²) >= 11 is 12.0. The number of benzene rings is 1. The summed E-state index contributed by atoms with van der Waals surface area (Å²) in [4.78, 5) is 11.9. The molecule has 2 N–H and O–H groups in total. The van der Waals surface area contributed by atoms with Crippen LogP contribution in [0.25, 0.3) is 11.3 Å². The number of hydrogen-bond acceptors (Lipinski definition) is 3. The van der Waals surface area contributed by atoms with E-state index in [2.05, 4.69) is 5.32 Å². The zero-order valence-corrected chi connectivity index (χ0v) is 12.3. The Morgan fingerprint density at radius 3 is 2.75 bits per heavy atom. The maximum atomic E-state index is 11.9. The average molecular weight is 314 g/mol. The zero-order chi connectivity index (χ0) is 14.7. The molecule has 20 heavy (non-hydrogen) atoms. The van der Waals surface area contributed by atoms with Crippen LogP contribution in [0.5, 0.6) is 0 Å². The number of hydrogen-bond donors (Lipinski definition) is 2. The molecule has 1 heterocycles. The van der Waals surface area contributed by atoms with Gasteiger partial charge in [-0.3, -0.25) is 4.79 Å². The Balaban J connectivity index is 2.33. The van der Waals surface area contributed by atoms with Gasteiger partial charge in [0, 0.05) is 17.1 Å². The molecule has 0 spiro atoms. The van der Waals surface area contributed by atoms with Crippen molar-refractivity contribution in [3.05, 3.63) is 45.6 Å². The number of carbonyl (C=O) groups is 1. The van der Waals surface area contributed by atoms with Crippen LogP contribution < -0.4 is 5.32 Å². The second-order valence-corrected chi connectivity index (χ2v) is 5.03. The SMILES string of the molecule is Cc1oc(-c2ccc(Cl)cc2Cl)cc1C(=O)NCCO. The van der Waals surface area contributed by atoms with Crippen LogP contribution in [0.3, 0.4) is 0 Å². The quantitative estimate of drug-likeness (QED) is 0.910. The van der Waals surface area contributed by atoms with Crippen LogP contribution in [0.1, 0.15) is 16.1 Å². The molecular weight excluding hydrogens is 301 g/mol. The van der Waals surface area contributed by atoms with Crippen LogP contribution in [-0.2, 0) is 0 Å². The van der Waals surface area contributed by atoms with E-state index in [0.29, 0.717) is 32.7 Å². The van der Waals surface area contributed by atoms with E-state index >= 15 is 0 Å². The van der Waals surface area contributed by atoms with Crippen molar-refractivity contribution in [3.63, 3.8) is 0 Å². The predicted octanol–water partition coefficient (Wildman–Crippen LogP) is 3.28. The number of nitrogens with one attached hydrogen (secondary N) is 1. The third-order valence-corrected chi connectivity index (χ3v) is 3.30. The van der Waals surface area contributed by atoms with E-state index in [4.69, 9.17) is 32.7 Å². The molecule has 0 saturated carbocycles. The number of carbonyl (C=O) groups excluding carboxylic acids is 1. The molecule has 0 aliphatic rings. The van der Waals surface area contributed by atoms with Gasteiger partial charge in [0.1, 0.15) is 11.5 Å². The highest BCUT2D eigenvalue weighted by Gasteiger charge is 2.17. The third kappa shape index (κ3) is 3.15. The van der Waals surface area contributed by atoms with Crippen LogP contribution in [-0.4, -0.2) is 24.2 Å². The normalized spacial score (nSPS) is 10.6. The van der Waals surface area contributed by atoms with Crippen molar-refractivity contribution >= 4 is 29.1 Å². The van der Waals surface area contributed by atoms with Gasteiger partial charge in [0.25, 0.3) is 5.91 Å². The van der Waals surface area contributed by atoms with Crippen LogP contribution >= 0.6 is 23.2 Å². The number of aliphatic hydroxyl groups is 1. The number of rotatable bonds is 4. The molecule has 2 aromatic rings. The first-order chi connectivity index (χ1) is 9.52.